The zero-order valence-corrected chi connectivity index (χ0v) is 10.9. The molecular weight excluding hydrogens is 282 g/mol. The molecule has 0 saturated heterocycles. The number of aryl methyl sites for hydroxylation is 1. The molecule has 2 rings (SSSR count). The summed E-state index contributed by atoms with van der Waals surface area (Å²) in [5.74, 6) is -1.36. The van der Waals surface area contributed by atoms with Gasteiger partial charge in [-0.2, -0.15) is 0 Å². The first-order valence-electron chi connectivity index (χ1n) is 5.81. The fourth-order valence-electron chi connectivity index (χ4n) is 1.70. The number of aromatic amines is 2. The van der Waals surface area contributed by atoms with Crippen LogP contribution < -0.4 is 16.6 Å². The Kier molecular flexibility index (Phi) is 3.74. The van der Waals surface area contributed by atoms with Crippen LogP contribution in [0.15, 0.2) is 26.1 Å². The summed E-state index contributed by atoms with van der Waals surface area (Å²) < 4.78 is 5.17. The molecule has 0 aliphatic heterocycles. The summed E-state index contributed by atoms with van der Waals surface area (Å²) in [5.41, 5.74) is -1.70. The van der Waals surface area contributed by atoms with Crippen molar-refractivity contribution in [2.45, 2.75) is 13.5 Å². The molecule has 2 heterocycles. The van der Waals surface area contributed by atoms with Crippen LogP contribution in [0.1, 0.15) is 32.4 Å². The zero-order chi connectivity index (χ0) is 15.6. The third kappa shape index (κ3) is 3.26. The maximum absolute atomic E-state index is 11.8. The van der Waals surface area contributed by atoms with Crippen molar-refractivity contribution in [1.29, 1.82) is 0 Å². The van der Waals surface area contributed by atoms with Crippen LogP contribution in [0.4, 0.5) is 0 Å². The lowest BCUT2D eigenvalue weighted by Gasteiger charge is -2.02. The van der Waals surface area contributed by atoms with Crippen LogP contribution in [0.5, 0.6) is 0 Å². The van der Waals surface area contributed by atoms with Gasteiger partial charge in [0.2, 0.25) is 0 Å². The monoisotopic (exact) mass is 293 g/mol. The van der Waals surface area contributed by atoms with E-state index in [1.807, 2.05) is 4.98 Å². The number of aromatic nitrogens is 2. The first-order chi connectivity index (χ1) is 9.86. The van der Waals surface area contributed by atoms with E-state index in [0.29, 0.717) is 0 Å². The van der Waals surface area contributed by atoms with Crippen LogP contribution in [-0.2, 0) is 6.54 Å². The van der Waals surface area contributed by atoms with Crippen molar-refractivity contribution < 1.29 is 19.1 Å². The quantitative estimate of drug-likeness (QED) is 0.603. The maximum atomic E-state index is 11.8. The summed E-state index contributed by atoms with van der Waals surface area (Å²) in [4.78, 5) is 48.8. The Hall–Kier alpha value is -3.10. The van der Waals surface area contributed by atoms with Gasteiger partial charge in [0.05, 0.1) is 6.54 Å². The molecule has 1 amide bonds. The summed E-state index contributed by atoms with van der Waals surface area (Å²) in [6, 6.07) is 2.23. The standard InChI is InChI=1S/C12H11N3O6/c1-5-7(11(18)19)2-6(21-5)4-13-10(17)8-3-9(16)15-12(20)14-8/h2-3H,4H2,1H3,(H,13,17)(H,18,19)(H2,14,15,16,20). The van der Waals surface area contributed by atoms with Crippen molar-refractivity contribution in [2.75, 3.05) is 0 Å². The Bertz CT molecular complexity index is 785. The molecule has 9 heteroatoms. The summed E-state index contributed by atoms with van der Waals surface area (Å²) in [7, 11) is 0. The fourth-order valence-corrected chi connectivity index (χ4v) is 1.70. The second kappa shape index (κ2) is 5.49. The van der Waals surface area contributed by atoms with Gasteiger partial charge in [-0.05, 0) is 13.0 Å². The molecule has 0 aliphatic carbocycles. The molecule has 4 N–H and O–H groups in total. The van der Waals surface area contributed by atoms with Crippen molar-refractivity contribution in [3.8, 4) is 0 Å². The highest BCUT2D eigenvalue weighted by Crippen LogP contribution is 2.14. The van der Waals surface area contributed by atoms with Crippen molar-refractivity contribution in [1.82, 2.24) is 15.3 Å². The molecule has 0 fully saturated rings. The molecule has 9 nitrogen and oxygen atoms in total. The number of carboxylic acid groups (broad SMARTS) is 1. The average molecular weight is 293 g/mol. The first-order valence-corrected chi connectivity index (χ1v) is 5.81. The van der Waals surface area contributed by atoms with E-state index >= 15 is 0 Å². The summed E-state index contributed by atoms with van der Waals surface area (Å²) in [5, 5.41) is 11.3. The molecule has 0 aromatic carbocycles. The lowest BCUT2D eigenvalue weighted by molar-refractivity contribution is 0.0694. The lowest BCUT2D eigenvalue weighted by Crippen LogP contribution is -2.30. The normalized spacial score (nSPS) is 10.3. The number of carbonyl (C=O) groups excluding carboxylic acids is 1. The number of rotatable bonds is 4. The van der Waals surface area contributed by atoms with Crippen LogP contribution in [-0.4, -0.2) is 27.0 Å². The number of amides is 1. The lowest BCUT2D eigenvalue weighted by atomic mass is 10.2. The van der Waals surface area contributed by atoms with Crippen LogP contribution >= 0.6 is 0 Å². The summed E-state index contributed by atoms with van der Waals surface area (Å²) >= 11 is 0. The minimum atomic E-state index is -1.13. The molecule has 0 aliphatic rings. The van der Waals surface area contributed by atoms with E-state index in [1.165, 1.54) is 13.0 Å². The molecule has 21 heavy (non-hydrogen) atoms. The summed E-state index contributed by atoms with van der Waals surface area (Å²) in [6.07, 6.45) is 0. The van der Waals surface area contributed by atoms with Crippen LogP contribution in [0.3, 0.4) is 0 Å². The molecule has 0 bridgehead atoms. The first kappa shape index (κ1) is 14.3. The zero-order valence-electron chi connectivity index (χ0n) is 10.9. The number of hydrogen-bond acceptors (Lipinski definition) is 5. The van der Waals surface area contributed by atoms with E-state index < -0.39 is 23.1 Å². The Labute approximate surface area is 116 Å². The third-order valence-corrected chi connectivity index (χ3v) is 2.63. The second-order valence-electron chi connectivity index (χ2n) is 4.17. The summed E-state index contributed by atoms with van der Waals surface area (Å²) in [6.45, 7) is 1.41. The highest BCUT2D eigenvalue weighted by molar-refractivity contribution is 5.92. The maximum Gasteiger partial charge on any atom is 0.339 e. The Morgan fingerprint density at radius 1 is 1.29 bits per heavy atom. The van der Waals surface area contributed by atoms with Gasteiger partial charge < -0.3 is 19.8 Å². The van der Waals surface area contributed by atoms with Crippen LogP contribution in [0.2, 0.25) is 0 Å². The molecule has 2 aromatic heterocycles. The number of aromatic carboxylic acids is 1. The molecule has 2 aromatic rings. The van der Waals surface area contributed by atoms with Gasteiger partial charge in [0.25, 0.3) is 11.5 Å². The Balaban J connectivity index is 2.11. The Morgan fingerprint density at radius 2 is 2.00 bits per heavy atom. The van der Waals surface area contributed by atoms with E-state index in [1.54, 1.807) is 0 Å². The SMILES string of the molecule is Cc1oc(CNC(=O)c2cc(=O)[nH]c(=O)[nH]2)cc1C(=O)O. The largest absolute Gasteiger partial charge is 0.478 e. The van der Waals surface area contributed by atoms with Gasteiger partial charge in [0.15, 0.2) is 0 Å². The molecule has 0 spiro atoms. The molecule has 0 saturated carbocycles. The van der Waals surface area contributed by atoms with Gasteiger partial charge >= 0.3 is 11.7 Å². The minimum absolute atomic E-state index is 0.00353. The highest BCUT2D eigenvalue weighted by Gasteiger charge is 2.15. The van der Waals surface area contributed by atoms with Gasteiger partial charge in [-0.3, -0.25) is 14.6 Å². The Morgan fingerprint density at radius 3 is 2.57 bits per heavy atom. The topological polar surface area (TPSA) is 145 Å². The van der Waals surface area contributed by atoms with E-state index in [0.717, 1.165) is 6.07 Å². The van der Waals surface area contributed by atoms with Crippen LogP contribution in [0.25, 0.3) is 0 Å². The number of furan rings is 1. The minimum Gasteiger partial charge on any atom is -0.478 e. The third-order valence-electron chi connectivity index (χ3n) is 2.63. The van der Waals surface area contributed by atoms with Crippen LogP contribution in [0, 0.1) is 6.92 Å². The van der Waals surface area contributed by atoms with Crippen molar-refractivity contribution in [3.05, 3.63) is 55.7 Å². The number of carbonyl (C=O) groups is 2. The van der Waals surface area contributed by atoms with E-state index in [9.17, 15) is 19.2 Å². The van der Waals surface area contributed by atoms with E-state index in [-0.39, 0.29) is 29.3 Å². The molecular formula is C12H11N3O6. The highest BCUT2D eigenvalue weighted by atomic mass is 16.4. The van der Waals surface area contributed by atoms with Gasteiger partial charge in [-0.15, -0.1) is 0 Å². The number of hydrogen-bond donors (Lipinski definition) is 4. The van der Waals surface area contributed by atoms with Gasteiger partial charge in [-0.25, -0.2) is 9.59 Å². The molecule has 0 unspecified atom stereocenters. The smallest absolute Gasteiger partial charge is 0.339 e. The van der Waals surface area contributed by atoms with E-state index in [4.69, 9.17) is 9.52 Å². The number of carboxylic acids is 1. The van der Waals surface area contributed by atoms with E-state index in [2.05, 4.69) is 10.3 Å². The van der Waals surface area contributed by atoms with Crippen molar-refractivity contribution in [2.24, 2.45) is 0 Å². The number of nitrogens with one attached hydrogen (secondary N) is 3. The van der Waals surface area contributed by atoms with Gasteiger partial charge in [0, 0.05) is 6.07 Å². The van der Waals surface area contributed by atoms with Crippen molar-refractivity contribution in [3.63, 3.8) is 0 Å². The van der Waals surface area contributed by atoms with Crippen molar-refractivity contribution >= 4 is 11.9 Å². The molecule has 110 valence electrons. The second-order valence-corrected chi connectivity index (χ2v) is 4.17. The van der Waals surface area contributed by atoms with Gasteiger partial charge in [0.1, 0.15) is 22.8 Å². The average Bonchev–Trinajstić information content (AvgIpc) is 2.76. The number of H-pyrrole nitrogens is 2. The molecule has 0 radical (unpaired) electrons. The van der Waals surface area contributed by atoms with Gasteiger partial charge in [-0.1, -0.05) is 0 Å². The fraction of sp³-hybridized carbons (Fsp3) is 0.167. The molecule has 0 atom stereocenters. The predicted octanol–water partition coefficient (Wildman–Crippen LogP) is -0.407. The predicted molar refractivity (Wildman–Crippen MR) is 69.3 cm³/mol.